The third-order valence-electron chi connectivity index (χ3n) is 4.02. The molecule has 0 saturated carbocycles. The Morgan fingerprint density at radius 1 is 1.24 bits per heavy atom. The van der Waals surface area contributed by atoms with Gasteiger partial charge >= 0.3 is 0 Å². The van der Waals surface area contributed by atoms with Crippen LogP contribution in [0.2, 0.25) is 0 Å². The van der Waals surface area contributed by atoms with E-state index in [1.165, 1.54) is 28.8 Å². The molecule has 1 N–H and O–H groups in total. The lowest BCUT2D eigenvalue weighted by atomic mass is 10.2. The topological polar surface area (TPSA) is 116 Å². The van der Waals surface area contributed by atoms with E-state index >= 15 is 0 Å². The third kappa shape index (κ3) is 4.79. The number of nitro benzene ring substituents is 1. The molecule has 3 aromatic rings. The Hall–Kier alpha value is -3.24. The van der Waals surface area contributed by atoms with Gasteiger partial charge in [-0.25, -0.2) is 4.98 Å². The van der Waals surface area contributed by atoms with Crippen molar-refractivity contribution >= 4 is 34.3 Å². The van der Waals surface area contributed by atoms with Gasteiger partial charge in [-0.3, -0.25) is 24.3 Å². The van der Waals surface area contributed by atoms with Gasteiger partial charge in [-0.2, -0.15) is 0 Å². The first-order chi connectivity index (χ1) is 14.0. The minimum Gasteiger partial charge on any atom is -0.383 e. The van der Waals surface area contributed by atoms with E-state index in [2.05, 4.69) is 10.3 Å². The van der Waals surface area contributed by atoms with Crippen LogP contribution < -0.4 is 10.9 Å². The van der Waals surface area contributed by atoms with E-state index in [4.69, 9.17) is 4.74 Å². The van der Waals surface area contributed by atoms with Gasteiger partial charge in [0.2, 0.25) is 5.91 Å². The first-order valence-corrected chi connectivity index (χ1v) is 9.65. The second-order valence-corrected chi connectivity index (χ2v) is 6.90. The van der Waals surface area contributed by atoms with Gasteiger partial charge in [0, 0.05) is 25.8 Å². The first-order valence-electron chi connectivity index (χ1n) is 8.66. The number of fused-ring (bicyclic) bond motifs is 1. The molecule has 1 aromatic heterocycles. The summed E-state index contributed by atoms with van der Waals surface area (Å²) in [5, 5.41) is 14.4. The molecule has 0 unspecified atom stereocenters. The molecule has 150 valence electrons. The summed E-state index contributed by atoms with van der Waals surface area (Å²) in [5.41, 5.74) is 0.549. The quantitative estimate of drug-likeness (QED) is 0.197. The van der Waals surface area contributed by atoms with Crippen molar-refractivity contribution in [2.24, 2.45) is 0 Å². The Balaban J connectivity index is 1.98. The number of hydrogen-bond donors (Lipinski definition) is 1. The number of hydrogen-bond acceptors (Lipinski definition) is 7. The number of methoxy groups -OCH3 is 1. The van der Waals surface area contributed by atoms with Crippen LogP contribution in [0.3, 0.4) is 0 Å². The van der Waals surface area contributed by atoms with Crippen molar-refractivity contribution in [1.29, 1.82) is 0 Å². The fourth-order valence-electron chi connectivity index (χ4n) is 2.63. The lowest BCUT2D eigenvalue weighted by Gasteiger charge is -2.13. The molecule has 0 radical (unpaired) electrons. The van der Waals surface area contributed by atoms with E-state index in [0.29, 0.717) is 34.9 Å². The molecule has 0 aliphatic carbocycles. The van der Waals surface area contributed by atoms with Gasteiger partial charge in [-0.1, -0.05) is 23.9 Å². The highest BCUT2D eigenvalue weighted by molar-refractivity contribution is 7.99. The summed E-state index contributed by atoms with van der Waals surface area (Å²) in [5.74, 6) is -0.161. The number of non-ortho nitro benzene ring substituents is 1. The van der Waals surface area contributed by atoms with Gasteiger partial charge in [0.15, 0.2) is 5.16 Å². The largest absolute Gasteiger partial charge is 0.383 e. The summed E-state index contributed by atoms with van der Waals surface area (Å²) >= 11 is 1.11. The number of rotatable bonds is 8. The zero-order valence-corrected chi connectivity index (χ0v) is 16.3. The number of benzene rings is 2. The monoisotopic (exact) mass is 414 g/mol. The van der Waals surface area contributed by atoms with E-state index in [0.717, 1.165) is 11.8 Å². The van der Waals surface area contributed by atoms with E-state index in [-0.39, 0.29) is 22.9 Å². The zero-order valence-electron chi connectivity index (χ0n) is 15.5. The average molecular weight is 414 g/mol. The number of carbonyl (C=O) groups is 1. The van der Waals surface area contributed by atoms with Crippen LogP contribution in [0.5, 0.6) is 0 Å². The highest BCUT2D eigenvalue weighted by Crippen LogP contribution is 2.22. The first kappa shape index (κ1) is 20.5. The van der Waals surface area contributed by atoms with Crippen molar-refractivity contribution in [3.63, 3.8) is 0 Å². The maximum absolute atomic E-state index is 13.1. The van der Waals surface area contributed by atoms with Gasteiger partial charge in [-0.05, 0) is 24.3 Å². The molecule has 29 heavy (non-hydrogen) atoms. The average Bonchev–Trinajstić information content (AvgIpc) is 2.73. The SMILES string of the molecule is COCCNC(=O)CSc1nc2ccccc2c(=O)n1-c1ccc([N+](=O)[O-])cc1. The number of nitrogens with zero attached hydrogens (tertiary/aromatic N) is 3. The molecule has 3 rings (SSSR count). The number of aromatic nitrogens is 2. The third-order valence-corrected chi connectivity index (χ3v) is 4.96. The Morgan fingerprint density at radius 2 is 1.97 bits per heavy atom. The van der Waals surface area contributed by atoms with Crippen LogP contribution in [0.1, 0.15) is 0 Å². The van der Waals surface area contributed by atoms with E-state index < -0.39 is 4.92 Å². The predicted octanol–water partition coefficient (Wildman–Crippen LogP) is 2.15. The van der Waals surface area contributed by atoms with Gasteiger partial charge < -0.3 is 10.1 Å². The molecule has 0 aliphatic heterocycles. The van der Waals surface area contributed by atoms with Crippen LogP contribution in [-0.2, 0) is 9.53 Å². The maximum Gasteiger partial charge on any atom is 0.269 e. The van der Waals surface area contributed by atoms with Crippen molar-refractivity contribution in [3.8, 4) is 5.69 Å². The summed E-state index contributed by atoms with van der Waals surface area (Å²) in [6.07, 6.45) is 0. The van der Waals surface area contributed by atoms with E-state index in [1.54, 1.807) is 31.4 Å². The number of para-hydroxylation sites is 1. The van der Waals surface area contributed by atoms with Crippen molar-refractivity contribution < 1.29 is 14.5 Å². The Bertz CT molecular complexity index is 1100. The molecule has 0 fully saturated rings. The summed E-state index contributed by atoms with van der Waals surface area (Å²) in [7, 11) is 1.54. The molecule has 0 atom stereocenters. The molecule has 0 saturated heterocycles. The number of nitrogens with one attached hydrogen (secondary N) is 1. The smallest absolute Gasteiger partial charge is 0.269 e. The lowest BCUT2D eigenvalue weighted by molar-refractivity contribution is -0.384. The second kappa shape index (κ2) is 9.30. The predicted molar refractivity (Wildman–Crippen MR) is 110 cm³/mol. The molecule has 2 aromatic carbocycles. The van der Waals surface area contributed by atoms with Crippen LogP contribution in [-0.4, -0.2) is 46.4 Å². The van der Waals surface area contributed by atoms with Crippen molar-refractivity contribution in [2.45, 2.75) is 5.16 Å². The maximum atomic E-state index is 13.1. The molecule has 1 heterocycles. The second-order valence-electron chi connectivity index (χ2n) is 5.96. The standard InChI is InChI=1S/C19H18N4O5S/c1-28-11-10-20-17(24)12-29-19-21-16-5-3-2-4-15(16)18(25)22(19)13-6-8-14(9-7-13)23(26)27/h2-9H,10-12H2,1H3,(H,20,24). The van der Waals surface area contributed by atoms with Crippen molar-refractivity contribution in [1.82, 2.24) is 14.9 Å². The number of ether oxygens (including phenoxy) is 1. The lowest BCUT2D eigenvalue weighted by Crippen LogP contribution is -2.29. The van der Waals surface area contributed by atoms with E-state index in [9.17, 15) is 19.7 Å². The molecule has 0 spiro atoms. The van der Waals surface area contributed by atoms with Crippen LogP contribution in [0.4, 0.5) is 5.69 Å². The summed E-state index contributed by atoms with van der Waals surface area (Å²) in [6.45, 7) is 0.786. The summed E-state index contributed by atoms with van der Waals surface area (Å²) < 4.78 is 6.26. The number of carbonyl (C=O) groups excluding carboxylic acids is 1. The number of amides is 1. The molecule has 0 aliphatic rings. The van der Waals surface area contributed by atoms with Gasteiger partial charge in [0.25, 0.3) is 11.2 Å². The Kier molecular flexibility index (Phi) is 6.57. The minimum absolute atomic E-state index is 0.0570. The van der Waals surface area contributed by atoms with E-state index in [1.807, 2.05) is 0 Å². The fourth-order valence-corrected chi connectivity index (χ4v) is 3.48. The minimum atomic E-state index is -0.509. The van der Waals surface area contributed by atoms with Gasteiger partial charge in [0.1, 0.15) is 0 Å². The molecular weight excluding hydrogens is 396 g/mol. The Morgan fingerprint density at radius 3 is 2.66 bits per heavy atom. The normalized spacial score (nSPS) is 10.8. The van der Waals surface area contributed by atoms with Crippen LogP contribution in [0.15, 0.2) is 58.5 Å². The molecule has 9 nitrogen and oxygen atoms in total. The molecule has 1 amide bonds. The molecule has 0 bridgehead atoms. The van der Waals surface area contributed by atoms with Crippen molar-refractivity contribution in [2.75, 3.05) is 26.0 Å². The summed E-state index contributed by atoms with van der Waals surface area (Å²) in [6, 6.07) is 12.5. The molecular formula is C19H18N4O5S. The molecule has 10 heteroatoms. The highest BCUT2D eigenvalue weighted by Gasteiger charge is 2.15. The van der Waals surface area contributed by atoms with Crippen LogP contribution >= 0.6 is 11.8 Å². The fraction of sp³-hybridized carbons (Fsp3) is 0.211. The Labute approximate surface area is 169 Å². The number of nitro groups is 1. The zero-order chi connectivity index (χ0) is 20.8. The van der Waals surface area contributed by atoms with Gasteiger partial charge in [0.05, 0.1) is 33.9 Å². The van der Waals surface area contributed by atoms with Crippen LogP contribution in [0.25, 0.3) is 16.6 Å². The number of thioether (sulfide) groups is 1. The highest BCUT2D eigenvalue weighted by atomic mass is 32.2. The van der Waals surface area contributed by atoms with Crippen LogP contribution in [0, 0.1) is 10.1 Å². The van der Waals surface area contributed by atoms with Crippen molar-refractivity contribution in [3.05, 3.63) is 69.0 Å². The summed E-state index contributed by atoms with van der Waals surface area (Å²) in [4.78, 5) is 40.0. The van der Waals surface area contributed by atoms with Gasteiger partial charge in [-0.15, -0.1) is 0 Å².